The molecule has 1 aromatic heterocycles. The average Bonchev–Trinajstić information content (AvgIpc) is 3.19. The van der Waals surface area contributed by atoms with Crippen LogP contribution in [0.4, 0.5) is 5.69 Å². The lowest BCUT2D eigenvalue weighted by atomic mass is 10.2. The van der Waals surface area contributed by atoms with E-state index in [4.69, 9.17) is 25.8 Å². The smallest absolute Gasteiger partial charge is 0.234 e. The first-order valence-corrected chi connectivity index (χ1v) is 10.9. The molecule has 8 nitrogen and oxygen atoms in total. The lowest BCUT2D eigenvalue weighted by molar-refractivity contribution is -0.113. The quantitative estimate of drug-likeness (QED) is 0.450. The Balaban J connectivity index is 1.62. The predicted octanol–water partition coefficient (Wildman–Crippen LogP) is 4.28. The number of amides is 1. The van der Waals surface area contributed by atoms with E-state index in [2.05, 4.69) is 15.5 Å². The molecule has 10 heteroatoms. The van der Waals surface area contributed by atoms with E-state index in [1.165, 1.54) is 26.0 Å². The summed E-state index contributed by atoms with van der Waals surface area (Å²) in [7, 11) is 3.01. The number of halogens is 1. The van der Waals surface area contributed by atoms with Crippen LogP contribution >= 0.6 is 23.4 Å². The van der Waals surface area contributed by atoms with Gasteiger partial charge >= 0.3 is 0 Å². The van der Waals surface area contributed by atoms with Crippen LogP contribution in [0.25, 0.3) is 0 Å². The first kappa shape index (κ1) is 22.8. The van der Waals surface area contributed by atoms with Gasteiger partial charge in [-0.3, -0.25) is 4.79 Å². The Labute approximate surface area is 189 Å². The average molecular weight is 463 g/mol. The number of rotatable bonds is 10. The normalized spacial score (nSPS) is 10.6. The van der Waals surface area contributed by atoms with Crippen LogP contribution in [0.2, 0.25) is 5.02 Å². The van der Waals surface area contributed by atoms with E-state index in [1.54, 1.807) is 12.1 Å². The van der Waals surface area contributed by atoms with Crippen LogP contribution in [0.3, 0.4) is 0 Å². The number of carbonyl (C=O) groups is 1. The van der Waals surface area contributed by atoms with Crippen molar-refractivity contribution in [3.8, 4) is 17.2 Å². The highest BCUT2D eigenvalue weighted by Crippen LogP contribution is 2.36. The van der Waals surface area contributed by atoms with Crippen molar-refractivity contribution in [3.63, 3.8) is 0 Å². The second-order valence-corrected chi connectivity index (χ2v) is 7.62. The number of nitrogens with one attached hydrogen (secondary N) is 1. The van der Waals surface area contributed by atoms with E-state index in [0.29, 0.717) is 46.3 Å². The van der Waals surface area contributed by atoms with Crippen LogP contribution in [-0.4, -0.2) is 40.6 Å². The molecule has 1 amide bonds. The van der Waals surface area contributed by atoms with Gasteiger partial charge < -0.3 is 24.1 Å². The fraction of sp³-hybridized carbons (Fsp3) is 0.286. The van der Waals surface area contributed by atoms with Crippen molar-refractivity contribution in [2.45, 2.75) is 25.2 Å². The second kappa shape index (κ2) is 10.9. The number of anilines is 1. The standard InChI is InChI=1S/C21H23ClN4O4S/c1-4-26-19(12-30-14-8-6-5-7-9-14)24-25-21(26)31-13-20(27)23-16-11-17(28-2)15(22)10-18(16)29-3/h5-11H,4,12-13H2,1-3H3,(H,23,27). The molecule has 31 heavy (non-hydrogen) atoms. The molecule has 0 fully saturated rings. The number of thioether (sulfide) groups is 1. The van der Waals surface area contributed by atoms with E-state index in [9.17, 15) is 4.79 Å². The van der Waals surface area contributed by atoms with Crippen LogP contribution in [0.1, 0.15) is 12.7 Å². The molecule has 1 heterocycles. The molecular formula is C21H23ClN4O4S. The summed E-state index contributed by atoms with van der Waals surface area (Å²) in [6, 6.07) is 12.7. The fourth-order valence-electron chi connectivity index (χ4n) is 2.79. The summed E-state index contributed by atoms with van der Waals surface area (Å²) in [6.45, 7) is 2.94. The third kappa shape index (κ3) is 5.83. The number of methoxy groups -OCH3 is 2. The largest absolute Gasteiger partial charge is 0.495 e. The lowest BCUT2D eigenvalue weighted by Gasteiger charge is -2.13. The Hall–Kier alpha value is -2.91. The maximum atomic E-state index is 12.5. The Morgan fingerprint density at radius 1 is 1.13 bits per heavy atom. The van der Waals surface area contributed by atoms with Gasteiger partial charge in [0, 0.05) is 18.7 Å². The first-order chi connectivity index (χ1) is 15.0. The highest BCUT2D eigenvalue weighted by molar-refractivity contribution is 7.99. The van der Waals surface area contributed by atoms with Crippen molar-refractivity contribution in [3.05, 3.63) is 53.3 Å². The molecule has 0 saturated heterocycles. The van der Waals surface area contributed by atoms with Crippen LogP contribution in [0.15, 0.2) is 47.6 Å². The molecule has 0 aliphatic rings. The summed E-state index contributed by atoms with van der Waals surface area (Å²) >= 11 is 7.40. The van der Waals surface area contributed by atoms with E-state index in [0.717, 1.165) is 5.75 Å². The molecule has 0 radical (unpaired) electrons. The zero-order valence-electron chi connectivity index (χ0n) is 17.4. The molecule has 0 aliphatic carbocycles. The van der Waals surface area contributed by atoms with E-state index < -0.39 is 0 Å². The molecular weight excluding hydrogens is 440 g/mol. The topological polar surface area (TPSA) is 87.5 Å². The number of hydrogen-bond acceptors (Lipinski definition) is 7. The zero-order valence-corrected chi connectivity index (χ0v) is 19.0. The molecule has 164 valence electrons. The van der Waals surface area contributed by atoms with Gasteiger partial charge in [0.15, 0.2) is 11.0 Å². The van der Waals surface area contributed by atoms with Gasteiger partial charge in [0.2, 0.25) is 5.91 Å². The Bertz CT molecular complexity index is 1030. The van der Waals surface area contributed by atoms with Crippen LogP contribution in [0.5, 0.6) is 17.2 Å². The molecule has 3 rings (SSSR count). The number of aromatic nitrogens is 3. The van der Waals surface area contributed by atoms with Crippen molar-refractivity contribution >= 4 is 35.0 Å². The van der Waals surface area contributed by atoms with Crippen molar-refractivity contribution in [1.82, 2.24) is 14.8 Å². The lowest BCUT2D eigenvalue weighted by Crippen LogP contribution is -2.15. The molecule has 0 saturated carbocycles. The van der Waals surface area contributed by atoms with E-state index in [1.807, 2.05) is 41.8 Å². The minimum absolute atomic E-state index is 0.145. The van der Waals surface area contributed by atoms with Gasteiger partial charge in [-0.25, -0.2) is 0 Å². The number of para-hydroxylation sites is 1. The molecule has 0 spiro atoms. The van der Waals surface area contributed by atoms with Crippen molar-refractivity contribution < 1.29 is 19.0 Å². The van der Waals surface area contributed by atoms with Crippen LogP contribution < -0.4 is 19.5 Å². The third-order valence-corrected chi connectivity index (χ3v) is 5.56. The number of nitrogens with zero attached hydrogens (tertiary/aromatic N) is 3. The summed E-state index contributed by atoms with van der Waals surface area (Å²) in [5, 5.41) is 12.3. The van der Waals surface area contributed by atoms with Gasteiger partial charge in [-0.15, -0.1) is 10.2 Å². The molecule has 0 unspecified atom stereocenters. The van der Waals surface area contributed by atoms with E-state index >= 15 is 0 Å². The molecule has 2 aromatic carbocycles. The maximum Gasteiger partial charge on any atom is 0.234 e. The highest BCUT2D eigenvalue weighted by atomic mass is 35.5. The fourth-order valence-corrected chi connectivity index (χ4v) is 3.84. The summed E-state index contributed by atoms with van der Waals surface area (Å²) in [5.41, 5.74) is 0.475. The number of ether oxygens (including phenoxy) is 3. The third-order valence-electron chi connectivity index (χ3n) is 4.30. The van der Waals surface area contributed by atoms with Gasteiger partial charge in [-0.2, -0.15) is 0 Å². The molecule has 3 aromatic rings. The number of hydrogen-bond donors (Lipinski definition) is 1. The number of carbonyl (C=O) groups excluding carboxylic acids is 1. The summed E-state index contributed by atoms with van der Waals surface area (Å²) < 4.78 is 18.2. The minimum Gasteiger partial charge on any atom is -0.495 e. The van der Waals surface area contributed by atoms with Gasteiger partial charge in [0.1, 0.15) is 23.9 Å². The van der Waals surface area contributed by atoms with Crippen molar-refractivity contribution in [1.29, 1.82) is 0 Å². The Morgan fingerprint density at radius 2 is 1.87 bits per heavy atom. The van der Waals surface area contributed by atoms with Gasteiger partial charge in [0.25, 0.3) is 0 Å². The summed E-state index contributed by atoms with van der Waals surface area (Å²) in [6.07, 6.45) is 0. The second-order valence-electron chi connectivity index (χ2n) is 6.27. The SMILES string of the molecule is CCn1c(COc2ccccc2)nnc1SCC(=O)Nc1cc(OC)c(Cl)cc1OC. The predicted molar refractivity (Wildman–Crippen MR) is 120 cm³/mol. The Kier molecular flexibility index (Phi) is 8.02. The van der Waals surface area contributed by atoms with Gasteiger partial charge in [-0.1, -0.05) is 41.6 Å². The highest BCUT2D eigenvalue weighted by Gasteiger charge is 2.16. The molecule has 1 N–H and O–H groups in total. The maximum absolute atomic E-state index is 12.5. The molecule has 0 aliphatic heterocycles. The Morgan fingerprint density at radius 3 is 2.55 bits per heavy atom. The minimum atomic E-state index is -0.222. The van der Waals surface area contributed by atoms with Crippen molar-refractivity contribution in [2.75, 3.05) is 25.3 Å². The van der Waals surface area contributed by atoms with Crippen LogP contribution in [0, 0.1) is 0 Å². The van der Waals surface area contributed by atoms with Crippen LogP contribution in [-0.2, 0) is 17.9 Å². The van der Waals surface area contributed by atoms with Gasteiger partial charge in [-0.05, 0) is 19.1 Å². The summed E-state index contributed by atoms with van der Waals surface area (Å²) in [4.78, 5) is 12.5. The molecule has 0 atom stereocenters. The molecule has 0 bridgehead atoms. The monoisotopic (exact) mass is 462 g/mol. The zero-order chi connectivity index (χ0) is 22.2. The van der Waals surface area contributed by atoms with Gasteiger partial charge in [0.05, 0.1) is 30.7 Å². The number of benzene rings is 2. The summed E-state index contributed by atoms with van der Waals surface area (Å²) in [5.74, 6) is 2.26. The van der Waals surface area contributed by atoms with Crippen molar-refractivity contribution in [2.24, 2.45) is 0 Å². The van der Waals surface area contributed by atoms with E-state index in [-0.39, 0.29) is 11.7 Å². The first-order valence-electron chi connectivity index (χ1n) is 9.49.